The van der Waals surface area contributed by atoms with Crippen molar-refractivity contribution in [1.82, 2.24) is 4.90 Å². The van der Waals surface area contributed by atoms with E-state index in [0.717, 1.165) is 17.7 Å². The molecule has 2 aromatic carbocycles. The zero-order valence-electron chi connectivity index (χ0n) is 17.9. The normalized spacial score (nSPS) is 16.4. The Bertz CT molecular complexity index is 1030. The Kier molecular flexibility index (Phi) is 7.97. The lowest BCUT2D eigenvalue weighted by Gasteiger charge is -2.36. The number of hydrogen-bond acceptors (Lipinski definition) is 3. The van der Waals surface area contributed by atoms with Gasteiger partial charge in [-0.05, 0) is 43.2 Å². The second-order valence-electron chi connectivity index (χ2n) is 8.04. The average molecular weight is 470 g/mol. The number of carboxylic acid groups (broad SMARTS) is 1. The summed E-state index contributed by atoms with van der Waals surface area (Å²) >= 11 is 0. The summed E-state index contributed by atoms with van der Waals surface area (Å²) in [5, 5.41) is 7.12. The fraction of sp³-hybridized carbons (Fsp3) is 0.304. The first-order chi connectivity index (χ1) is 15.2. The SMILES string of the molecule is CC(C)(N)C(=O)N1CC(c2cc(F)ccc2F)=CC(c2ccccc2)C1.O=C(O)C(F)(F)F. The van der Waals surface area contributed by atoms with E-state index in [1.54, 1.807) is 18.7 Å². The minimum atomic E-state index is -5.08. The lowest BCUT2D eigenvalue weighted by molar-refractivity contribution is -0.192. The molecule has 1 unspecified atom stereocenters. The number of halogens is 5. The number of nitrogens with zero attached hydrogens (tertiary/aromatic N) is 1. The van der Waals surface area contributed by atoms with Gasteiger partial charge in [-0.2, -0.15) is 13.2 Å². The Hall–Kier alpha value is -3.27. The molecule has 1 aliphatic heterocycles. The zero-order chi connectivity index (χ0) is 25.0. The van der Waals surface area contributed by atoms with Crippen LogP contribution in [0.25, 0.3) is 5.57 Å². The van der Waals surface area contributed by atoms with E-state index in [1.165, 1.54) is 6.07 Å². The van der Waals surface area contributed by atoms with Crippen LogP contribution in [0.15, 0.2) is 54.6 Å². The summed E-state index contributed by atoms with van der Waals surface area (Å²) in [5.74, 6) is -4.12. The molecule has 1 atom stereocenters. The summed E-state index contributed by atoms with van der Waals surface area (Å²) < 4.78 is 59.7. The second-order valence-corrected chi connectivity index (χ2v) is 8.04. The topological polar surface area (TPSA) is 83.6 Å². The van der Waals surface area contributed by atoms with E-state index in [1.807, 2.05) is 36.4 Å². The molecule has 3 N–H and O–H groups in total. The first kappa shape index (κ1) is 26.0. The molecule has 1 amide bonds. The third-order valence-corrected chi connectivity index (χ3v) is 4.76. The standard InChI is InChI=1S/C21H22F2N2O.C2HF3O2/c1-21(2,24)20(26)25-12-15(14-6-4-3-5-7-14)10-16(13-25)18-11-17(22)8-9-19(18)23;3-2(4,5)1(6)7/h3-11,15H,12-13,24H2,1-2H3;(H,6,7). The molecule has 0 fully saturated rings. The highest BCUT2D eigenvalue weighted by Gasteiger charge is 2.38. The van der Waals surface area contributed by atoms with Crippen molar-refractivity contribution in [1.29, 1.82) is 0 Å². The maximum atomic E-state index is 14.3. The van der Waals surface area contributed by atoms with Gasteiger partial charge in [0.1, 0.15) is 11.6 Å². The molecule has 0 radical (unpaired) electrons. The van der Waals surface area contributed by atoms with Gasteiger partial charge in [0.2, 0.25) is 5.91 Å². The van der Waals surface area contributed by atoms with E-state index < -0.39 is 29.3 Å². The molecule has 1 heterocycles. The van der Waals surface area contributed by atoms with Crippen molar-refractivity contribution in [2.45, 2.75) is 31.5 Å². The van der Waals surface area contributed by atoms with Gasteiger partial charge in [0.05, 0.1) is 5.54 Å². The van der Waals surface area contributed by atoms with Gasteiger partial charge >= 0.3 is 12.1 Å². The second kappa shape index (κ2) is 10.1. The van der Waals surface area contributed by atoms with Gasteiger partial charge in [0.15, 0.2) is 0 Å². The van der Waals surface area contributed by atoms with E-state index >= 15 is 0 Å². The molecule has 1 aliphatic rings. The average Bonchev–Trinajstić information content (AvgIpc) is 2.74. The summed E-state index contributed by atoms with van der Waals surface area (Å²) in [5.41, 5.74) is 6.72. The molecule has 0 bridgehead atoms. The number of carbonyl (C=O) groups excluding carboxylic acids is 1. The van der Waals surface area contributed by atoms with Gasteiger partial charge in [-0.25, -0.2) is 13.6 Å². The Morgan fingerprint density at radius 2 is 1.64 bits per heavy atom. The van der Waals surface area contributed by atoms with Crippen molar-refractivity contribution in [2.24, 2.45) is 5.73 Å². The van der Waals surface area contributed by atoms with Crippen LogP contribution in [0.5, 0.6) is 0 Å². The van der Waals surface area contributed by atoms with Gasteiger partial charge in [0.25, 0.3) is 0 Å². The predicted molar refractivity (Wildman–Crippen MR) is 112 cm³/mol. The highest BCUT2D eigenvalue weighted by molar-refractivity contribution is 5.87. The Balaban J connectivity index is 0.000000479. The number of nitrogens with two attached hydrogens (primary N) is 1. The van der Waals surface area contributed by atoms with Crippen LogP contribution < -0.4 is 5.73 Å². The number of benzene rings is 2. The van der Waals surface area contributed by atoms with E-state index in [0.29, 0.717) is 12.1 Å². The van der Waals surface area contributed by atoms with Crippen molar-refractivity contribution < 1.29 is 36.6 Å². The Morgan fingerprint density at radius 3 is 2.15 bits per heavy atom. The summed E-state index contributed by atoms with van der Waals surface area (Å²) in [6.07, 6.45) is -3.17. The molecule has 3 rings (SSSR count). The molecule has 5 nitrogen and oxygen atoms in total. The van der Waals surface area contributed by atoms with E-state index in [4.69, 9.17) is 15.6 Å². The van der Waals surface area contributed by atoms with Crippen LogP contribution in [0.3, 0.4) is 0 Å². The Morgan fingerprint density at radius 1 is 1.06 bits per heavy atom. The molecular formula is C23H23F5N2O3. The fourth-order valence-corrected chi connectivity index (χ4v) is 3.24. The minimum absolute atomic E-state index is 0.117. The zero-order valence-corrected chi connectivity index (χ0v) is 17.9. The van der Waals surface area contributed by atoms with Crippen LogP contribution in [-0.2, 0) is 9.59 Å². The first-order valence-corrected chi connectivity index (χ1v) is 9.79. The van der Waals surface area contributed by atoms with E-state index in [2.05, 4.69) is 0 Å². The van der Waals surface area contributed by atoms with Gasteiger partial charge in [-0.15, -0.1) is 0 Å². The molecule has 0 saturated heterocycles. The molecule has 10 heteroatoms. The maximum Gasteiger partial charge on any atom is 0.490 e. The Labute approximate surface area is 187 Å². The van der Waals surface area contributed by atoms with Crippen LogP contribution in [0.2, 0.25) is 0 Å². The van der Waals surface area contributed by atoms with Gasteiger partial charge in [0, 0.05) is 24.6 Å². The molecule has 0 saturated carbocycles. The number of hydrogen-bond donors (Lipinski definition) is 2. The summed E-state index contributed by atoms with van der Waals surface area (Å²) in [6.45, 7) is 3.94. The molecular weight excluding hydrogens is 447 g/mol. The lowest BCUT2D eigenvalue weighted by Crippen LogP contribution is -2.53. The summed E-state index contributed by atoms with van der Waals surface area (Å²) in [4.78, 5) is 23.2. The highest BCUT2D eigenvalue weighted by atomic mass is 19.4. The van der Waals surface area contributed by atoms with Gasteiger partial charge < -0.3 is 15.7 Å². The molecule has 0 spiro atoms. The maximum absolute atomic E-state index is 14.3. The largest absolute Gasteiger partial charge is 0.490 e. The lowest BCUT2D eigenvalue weighted by atomic mass is 9.88. The molecule has 2 aromatic rings. The van der Waals surface area contributed by atoms with Gasteiger partial charge in [-0.1, -0.05) is 36.4 Å². The molecule has 178 valence electrons. The monoisotopic (exact) mass is 470 g/mol. The van der Waals surface area contributed by atoms with Crippen LogP contribution in [-0.4, -0.2) is 46.7 Å². The third-order valence-electron chi connectivity index (χ3n) is 4.76. The van der Waals surface area contributed by atoms with E-state index in [-0.39, 0.29) is 23.9 Å². The minimum Gasteiger partial charge on any atom is -0.475 e. The molecule has 0 aromatic heterocycles. The highest BCUT2D eigenvalue weighted by Crippen LogP contribution is 2.32. The van der Waals surface area contributed by atoms with Crippen LogP contribution in [0, 0.1) is 11.6 Å². The summed E-state index contributed by atoms with van der Waals surface area (Å²) in [6, 6.07) is 13.0. The smallest absolute Gasteiger partial charge is 0.475 e. The fourth-order valence-electron chi connectivity index (χ4n) is 3.24. The van der Waals surface area contributed by atoms with Crippen LogP contribution >= 0.6 is 0 Å². The van der Waals surface area contributed by atoms with Crippen molar-refractivity contribution in [3.8, 4) is 0 Å². The molecule has 33 heavy (non-hydrogen) atoms. The van der Waals surface area contributed by atoms with Crippen molar-refractivity contribution in [2.75, 3.05) is 13.1 Å². The predicted octanol–water partition coefficient (Wildman–Crippen LogP) is 4.34. The number of aliphatic carboxylic acids is 1. The summed E-state index contributed by atoms with van der Waals surface area (Å²) in [7, 11) is 0. The van der Waals surface area contributed by atoms with Crippen molar-refractivity contribution in [3.63, 3.8) is 0 Å². The quantitative estimate of drug-likeness (QED) is 0.654. The van der Waals surface area contributed by atoms with Crippen LogP contribution in [0.1, 0.15) is 30.9 Å². The van der Waals surface area contributed by atoms with Crippen LogP contribution in [0.4, 0.5) is 22.0 Å². The number of rotatable bonds is 3. The first-order valence-electron chi connectivity index (χ1n) is 9.79. The third kappa shape index (κ3) is 7.11. The number of carbonyl (C=O) groups is 2. The van der Waals surface area contributed by atoms with Crippen molar-refractivity contribution in [3.05, 3.63) is 77.4 Å². The van der Waals surface area contributed by atoms with Gasteiger partial charge in [-0.3, -0.25) is 4.79 Å². The molecule has 0 aliphatic carbocycles. The number of alkyl halides is 3. The van der Waals surface area contributed by atoms with E-state index in [9.17, 15) is 26.7 Å². The van der Waals surface area contributed by atoms with Crippen molar-refractivity contribution >= 4 is 17.4 Å². The number of carboxylic acids is 1. The number of amides is 1.